The van der Waals surface area contributed by atoms with Gasteiger partial charge in [-0.05, 0) is 12.8 Å². The molecule has 0 unspecified atom stereocenters. The number of allylic oxidation sites excluding steroid dienone is 3. The molecule has 6 nitrogen and oxygen atoms in total. The van der Waals surface area contributed by atoms with Crippen molar-refractivity contribution >= 4 is 16.5 Å². The van der Waals surface area contributed by atoms with Gasteiger partial charge in [0.2, 0.25) is 0 Å². The van der Waals surface area contributed by atoms with E-state index in [0.717, 1.165) is 18.4 Å². The van der Waals surface area contributed by atoms with Gasteiger partial charge in [0.25, 0.3) is 5.56 Å². The van der Waals surface area contributed by atoms with Crippen molar-refractivity contribution in [2.45, 2.75) is 12.8 Å². The van der Waals surface area contributed by atoms with Gasteiger partial charge in [0.05, 0.1) is 19.7 Å². The summed E-state index contributed by atoms with van der Waals surface area (Å²) in [5, 5.41) is 0.394. The van der Waals surface area contributed by atoms with Gasteiger partial charge in [0.15, 0.2) is 0 Å². The minimum absolute atomic E-state index is 0.265. The summed E-state index contributed by atoms with van der Waals surface area (Å²) in [7, 11) is 3.06. The highest BCUT2D eigenvalue weighted by atomic mass is 16.5. The van der Waals surface area contributed by atoms with Crippen LogP contribution < -0.4 is 20.8 Å². The molecule has 1 aromatic carbocycles. The molecule has 114 valence electrons. The summed E-state index contributed by atoms with van der Waals surface area (Å²) in [6.45, 7) is 0. The molecule has 2 aromatic rings. The highest BCUT2D eigenvalue weighted by Gasteiger charge is 2.16. The van der Waals surface area contributed by atoms with Crippen molar-refractivity contribution in [3.8, 4) is 11.5 Å². The number of H-pyrrole nitrogens is 1. The van der Waals surface area contributed by atoms with E-state index in [0.29, 0.717) is 33.9 Å². The van der Waals surface area contributed by atoms with Crippen molar-refractivity contribution in [1.82, 2.24) is 9.97 Å². The van der Waals surface area contributed by atoms with Gasteiger partial charge in [-0.1, -0.05) is 12.2 Å². The van der Waals surface area contributed by atoms with Gasteiger partial charge >= 0.3 is 0 Å². The number of nitrogens with zero attached hydrogens (tertiary/aromatic N) is 1. The Morgan fingerprint density at radius 2 is 1.95 bits per heavy atom. The zero-order valence-corrected chi connectivity index (χ0v) is 12.5. The molecule has 1 aliphatic rings. The van der Waals surface area contributed by atoms with E-state index in [2.05, 4.69) is 9.97 Å². The first kappa shape index (κ1) is 14.2. The summed E-state index contributed by atoms with van der Waals surface area (Å²) in [4.78, 5) is 19.7. The number of hydrogen-bond acceptors (Lipinski definition) is 5. The number of hydrogen-bond donors (Lipinski definition) is 2. The number of aromatic amines is 1. The van der Waals surface area contributed by atoms with E-state index in [1.807, 2.05) is 12.2 Å². The average molecular weight is 299 g/mol. The molecule has 0 atom stereocenters. The van der Waals surface area contributed by atoms with Crippen LogP contribution in [0.25, 0.3) is 16.5 Å². The third-order valence-electron chi connectivity index (χ3n) is 3.65. The number of fused-ring (bicyclic) bond motifs is 1. The quantitative estimate of drug-likeness (QED) is 0.904. The maximum atomic E-state index is 12.4. The summed E-state index contributed by atoms with van der Waals surface area (Å²) < 4.78 is 10.5. The van der Waals surface area contributed by atoms with Crippen molar-refractivity contribution < 1.29 is 9.47 Å². The predicted octanol–water partition coefficient (Wildman–Crippen LogP) is 1.96. The van der Waals surface area contributed by atoms with Gasteiger partial charge < -0.3 is 20.2 Å². The molecule has 0 bridgehead atoms. The van der Waals surface area contributed by atoms with Crippen LogP contribution in [0.5, 0.6) is 11.5 Å². The van der Waals surface area contributed by atoms with E-state index >= 15 is 0 Å². The van der Waals surface area contributed by atoms with Crippen molar-refractivity contribution in [2.24, 2.45) is 5.73 Å². The Balaban J connectivity index is 2.26. The Labute approximate surface area is 127 Å². The fourth-order valence-corrected chi connectivity index (χ4v) is 2.55. The Kier molecular flexibility index (Phi) is 3.58. The number of benzene rings is 1. The van der Waals surface area contributed by atoms with E-state index < -0.39 is 0 Å². The molecular formula is C16H17N3O3. The summed E-state index contributed by atoms with van der Waals surface area (Å²) in [5.74, 6) is 1.46. The molecule has 0 radical (unpaired) electrons. The molecule has 1 aromatic heterocycles. The van der Waals surface area contributed by atoms with E-state index in [9.17, 15) is 4.79 Å². The molecule has 3 N–H and O–H groups in total. The first-order chi connectivity index (χ1) is 10.6. The molecular weight excluding hydrogens is 282 g/mol. The molecule has 0 fully saturated rings. The number of rotatable bonds is 3. The third kappa shape index (κ3) is 2.32. The van der Waals surface area contributed by atoms with Crippen molar-refractivity contribution in [2.75, 3.05) is 14.2 Å². The first-order valence-electron chi connectivity index (χ1n) is 6.96. The van der Waals surface area contributed by atoms with Gasteiger partial charge in [-0.2, -0.15) is 0 Å². The molecule has 0 spiro atoms. The molecule has 0 saturated heterocycles. The van der Waals surface area contributed by atoms with Crippen LogP contribution in [0.3, 0.4) is 0 Å². The van der Waals surface area contributed by atoms with Crippen molar-refractivity contribution in [3.63, 3.8) is 0 Å². The van der Waals surface area contributed by atoms with Crippen molar-refractivity contribution in [3.05, 3.63) is 46.2 Å². The second-order valence-corrected chi connectivity index (χ2v) is 4.99. The molecule has 3 rings (SSSR count). The first-order valence-corrected chi connectivity index (χ1v) is 6.96. The predicted molar refractivity (Wildman–Crippen MR) is 84.9 cm³/mol. The number of methoxy groups -OCH3 is 2. The number of aromatic nitrogens is 2. The van der Waals surface area contributed by atoms with E-state index in [1.54, 1.807) is 19.2 Å². The molecule has 6 heteroatoms. The van der Waals surface area contributed by atoms with Crippen molar-refractivity contribution in [1.29, 1.82) is 0 Å². The number of nitrogens with one attached hydrogen (secondary N) is 1. The molecule has 0 amide bonds. The SMILES string of the molecule is COc1cc(OC)c2c(=O)[nH]c(C3=CCCC=C3N)nc2c1. The van der Waals surface area contributed by atoms with E-state index in [1.165, 1.54) is 7.11 Å². The second-order valence-electron chi connectivity index (χ2n) is 4.99. The van der Waals surface area contributed by atoms with Crippen LogP contribution in [-0.2, 0) is 0 Å². The maximum absolute atomic E-state index is 12.4. The largest absolute Gasteiger partial charge is 0.497 e. The molecule has 0 saturated carbocycles. The summed E-state index contributed by atoms with van der Waals surface area (Å²) >= 11 is 0. The zero-order chi connectivity index (χ0) is 15.7. The van der Waals surface area contributed by atoms with Crippen LogP contribution in [0.2, 0.25) is 0 Å². The van der Waals surface area contributed by atoms with Gasteiger partial charge in [0.1, 0.15) is 22.7 Å². The standard InChI is InChI=1S/C16H17N3O3/c1-21-9-7-12-14(13(8-9)22-2)16(20)19-15(18-12)10-5-3-4-6-11(10)17/h5-8H,3-4,17H2,1-2H3,(H,18,19,20). The van der Waals surface area contributed by atoms with Crippen LogP contribution in [0.4, 0.5) is 0 Å². The fraction of sp³-hybridized carbons (Fsp3) is 0.250. The average Bonchev–Trinajstić information content (AvgIpc) is 2.53. The minimum atomic E-state index is -0.265. The topological polar surface area (TPSA) is 90.2 Å². The maximum Gasteiger partial charge on any atom is 0.262 e. The lowest BCUT2D eigenvalue weighted by molar-refractivity contribution is 0.397. The van der Waals surface area contributed by atoms with Crippen LogP contribution >= 0.6 is 0 Å². The monoisotopic (exact) mass is 299 g/mol. The van der Waals surface area contributed by atoms with Crippen LogP contribution in [0.15, 0.2) is 34.8 Å². The Morgan fingerprint density at radius 3 is 2.64 bits per heavy atom. The summed E-state index contributed by atoms with van der Waals surface area (Å²) in [5.41, 5.74) is 7.63. The van der Waals surface area contributed by atoms with Crippen LogP contribution in [0.1, 0.15) is 18.7 Å². The summed E-state index contributed by atoms with van der Waals surface area (Å²) in [6.07, 6.45) is 5.69. The van der Waals surface area contributed by atoms with E-state index in [4.69, 9.17) is 15.2 Å². The molecule has 0 aliphatic heterocycles. The number of nitrogens with two attached hydrogens (primary N) is 1. The lowest BCUT2D eigenvalue weighted by Crippen LogP contribution is -2.15. The van der Waals surface area contributed by atoms with Crippen LogP contribution in [0, 0.1) is 0 Å². The molecule has 1 heterocycles. The Bertz CT molecular complexity index is 850. The smallest absolute Gasteiger partial charge is 0.262 e. The highest BCUT2D eigenvalue weighted by Crippen LogP contribution is 2.29. The fourth-order valence-electron chi connectivity index (χ4n) is 2.55. The highest BCUT2D eigenvalue weighted by molar-refractivity contribution is 5.87. The van der Waals surface area contributed by atoms with Gasteiger partial charge in [-0.15, -0.1) is 0 Å². The second kappa shape index (κ2) is 5.55. The normalized spacial score (nSPS) is 14.5. The van der Waals surface area contributed by atoms with Gasteiger partial charge in [0, 0.05) is 23.4 Å². The number of ether oxygens (including phenoxy) is 2. The Hall–Kier alpha value is -2.76. The van der Waals surface area contributed by atoms with E-state index in [-0.39, 0.29) is 5.56 Å². The summed E-state index contributed by atoms with van der Waals surface area (Å²) in [6, 6.07) is 3.37. The lowest BCUT2D eigenvalue weighted by atomic mass is 10.0. The molecule has 1 aliphatic carbocycles. The molecule has 22 heavy (non-hydrogen) atoms. The zero-order valence-electron chi connectivity index (χ0n) is 12.5. The lowest BCUT2D eigenvalue weighted by Gasteiger charge is -2.13. The Morgan fingerprint density at radius 1 is 1.18 bits per heavy atom. The van der Waals surface area contributed by atoms with Crippen LogP contribution in [-0.4, -0.2) is 24.2 Å². The minimum Gasteiger partial charge on any atom is -0.497 e. The third-order valence-corrected chi connectivity index (χ3v) is 3.65. The van der Waals surface area contributed by atoms with Gasteiger partial charge in [-0.25, -0.2) is 4.98 Å². The van der Waals surface area contributed by atoms with Gasteiger partial charge in [-0.3, -0.25) is 4.79 Å².